The first-order valence-electron chi connectivity index (χ1n) is 4.74. The lowest BCUT2D eigenvalue weighted by molar-refractivity contribution is -0.163. The van der Waals surface area contributed by atoms with E-state index in [0.29, 0.717) is 12.8 Å². The molecule has 1 rings (SSSR count). The van der Waals surface area contributed by atoms with Gasteiger partial charge in [0.15, 0.2) is 5.79 Å². The average molecular weight is 192 g/mol. The van der Waals surface area contributed by atoms with Gasteiger partial charge in [-0.1, -0.05) is 36.4 Å². The summed E-state index contributed by atoms with van der Waals surface area (Å²) in [6.45, 7) is 3.55. The van der Waals surface area contributed by atoms with Crippen molar-refractivity contribution in [2.24, 2.45) is 0 Å². The molecule has 0 aliphatic rings. The Bertz CT molecular complexity index is 278. The smallest absolute Gasteiger partial charge is 0.166 e. The number of aliphatic hydroxyl groups is 2. The number of allylic oxidation sites excluding steroid dienone is 1. The summed E-state index contributed by atoms with van der Waals surface area (Å²) in [4.78, 5) is 0. The van der Waals surface area contributed by atoms with Crippen LogP contribution in [-0.4, -0.2) is 16.0 Å². The van der Waals surface area contributed by atoms with Crippen molar-refractivity contribution in [1.82, 2.24) is 0 Å². The van der Waals surface area contributed by atoms with E-state index in [9.17, 15) is 10.2 Å². The molecule has 2 heteroatoms. The molecule has 1 aromatic carbocycles. The summed E-state index contributed by atoms with van der Waals surface area (Å²) < 4.78 is 0. The summed E-state index contributed by atoms with van der Waals surface area (Å²) in [6.07, 6.45) is 2.89. The highest BCUT2D eigenvalue weighted by molar-refractivity contribution is 5.16. The van der Waals surface area contributed by atoms with Crippen LogP contribution in [-0.2, 0) is 6.42 Å². The number of hydrogen-bond acceptors (Lipinski definition) is 2. The van der Waals surface area contributed by atoms with E-state index in [1.807, 2.05) is 30.3 Å². The van der Waals surface area contributed by atoms with E-state index < -0.39 is 5.79 Å². The first-order chi connectivity index (χ1) is 6.64. The van der Waals surface area contributed by atoms with Crippen molar-refractivity contribution >= 4 is 0 Å². The third-order valence-corrected chi connectivity index (χ3v) is 2.08. The Labute approximate surface area is 84.5 Å². The normalized spacial score (nSPS) is 11.3. The van der Waals surface area contributed by atoms with Gasteiger partial charge in [0.25, 0.3) is 0 Å². The van der Waals surface area contributed by atoms with Crippen LogP contribution in [0, 0.1) is 0 Å². The van der Waals surface area contributed by atoms with Crippen molar-refractivity contribution in [3.8, 4) is 0 Å². The van der Waals surface area contributed by atoms with Gasteiger partial charge >= 0.3 is 0 Å². The van der Waals surface area contributed by atoms with Crippen molar-refractivity contribution in [1.29, 1.82) is 0 Å². The van der Waals surface area contributed by atoms with Gasteiger partial charge < -0.3 is 10.2 Å². The molecule has 0 amide bonds. The molecule has 0 unspecified atom stereocenters. The molecule has 76 valence electrons. The Morgan fingerprint density at radius 1 is 1.21 bits per heavy atom. The fourth-order valence-electron chi connectivity index (χ4n) is 1.34. The minimum Gasteiger partial charge on any atom is -0.365 e. The lowest BCUT2D eigenvalue weighted by atomic mass is 10.0. The van der Waals surface area contributed by atoms with Crippen LogP contribution in [0.2, 0.25) is 0 Å². The predicted molar refractivity (Wildman–Crippen MR) is 56.7 cm³/mol. The van der Waals surface area contributed by atoms with E-state index in [2.05, 4.69) is 6.58 Å². The van der Waals surface area contributed by atoms with Crippen LogP contribution in [0.4, 0.5) is 0 Å². The molecule has 14 heavy (non-hydrogen) atoms. The third kappa shape index (κ3) is 3.73. The molecule has 0 saturated heterocycles. The quantitative estimate of drug-likeness (QED) is 0.552. The fourth-order valence-corrected chi connectivity index (χ4v) is 1.34. The molecule has 2 N–H and O–H groups in total. The molecule has 0 aliphatic carbocycles. The molecular formula is C12H16O2. The molecule has 0 atom stereocenters. The largest absolute Gasteiger partial charge is 0.365 e. The van der Waals surface area contributed by atoms with Gasteiger partial charge in [-0.05, 0) is 12.0 Å². The Balaban J connectivity index is 2.54. The summed E-state index contributed by atoms with van der Waals surface area (Å²) in [7, 11) is 0. The van der Waals surface area contributed by atoms with Gasteiger partial charge in [0.2, 0.25) is 0 Å². The molecular weight excluding hydrogens is 176 g/mol. The molecule has 0 radical (unpaired) electrons. The van der Waals surface area contributed by atoms with Gasteiger partial charge in [-0.3, -0.25) is 0 Å². The zero-order valence-corrected chi connectivity index (χ0v) is 8.19. The molecule has 0 heterocycles. The highest BCUT2D eigenvalue weighted by Gasteiger charge is 2.21. The second-order valence-corrected chi connectivity index (χ2v) is 3.47. The summed E-state index contributed by atoms with van der Waals surface area (Å²) >= 11 is 0. The van der Waals surface area contributed by atoms with E-state index in [1.165, 1.54) is 0 Å². The van der Waals surface area contributed by atoms with E-state index in [0.717, 1.165) is 5.56 Å². The second-order valence-electron chi connectivity index (χ2n) is 3.47. The molecule has 0 saturated carbocycles. The van der Waals surface area contributed by atoms with Gasteiger partial charge in [0, 0.05) is 12.8 Å². The number of rotatable bonds is 5. The molecule has 0 spiro atoms. The average Bonchev–Trinajstić information content (AvgIpc) is 2.16. The first kappa shape index (κ1) is 11.0. The van der Waals surface area contributed by atoms with Gasteiger partial charge in [-0.2, -0.15) is 0 Å². The summed E-state index contributed by atoms with van der Waals surface area (Å²) in [5.41, 5.74) is 0.932. The Morgan fingerprint density at radius 2 is 1.86 bits per heavy atom. The Morgan fingerprint density at radius 3 is 2.43 bits per heavy atom. The second kappa shape index (κ2) is 4.94. The van der Waals surface area contributed by atoms with E-state index >= 15 is 0 Å². The predicted octanol–water partition coefficient (Wildman–Crippen LogP) is 1.88. The van der Waals surface area contributed by atoms with Gasteiger partial charge in [0.1, 0.15) is 0 Å². The molecule has 2 nitrogen and oxygen atoms in total. The van der Waals surface area contributed by atoms with E-state index in [4.69, 9.17) is 0 Å². The van der Waals surface area contributed by atoms with Crippen LogP contribution >= 0.6 is 0 Å². The van der Waals surface area contributed by atoms with Crippen molar-refractivity contribution in [3.05, 3.63) is 48.6 Å². The fraction of sp³-hybridized carbons (Fsp3) is 0.333. The van der Waals surface area contributed by atoms with Crippen molar-refractivity contribution in [2.75, 3.05) is 0 Å². The summed E-state index contributed by atoms with van der Waals surface area (Å²) in [5, 5.41) is 19.2. The van der Waals surface area contributed by atoms with Crippen LogP contribution in [0.15, 0.2) is 43.0 Å². The summed E-state index contributed by atoms with van der Waals surface area (Å²) in [5.74, 6) is -1.62. The summed E-state index contributed by atoms with van der Waals surface area (Å²) in [6, 6.07) is 9.45. The van der Waals surface area contributed by atoms with E-state index in [-0.39, 0.29) is 6.42 Å². The highest BCUT2D eigenvalue weighted by atomic mass is 16.5. The van der Waals surface area contributed by atoms with Gasteiger partial charge in [-0.25, -0.2) is 0 Å². The SMILES string of the molecule is C=CCCC(O)(O)Cc1ccccc1. The molecule has 1 aromatic rings. The minimum atomic E-state index is -1.62. The maximum Gasteiger partial charge on any atom is 0.166 e. The van der Waals surface area contributed by atoms with Gasteiger partial charge in [-0.15, -0.1) is 6.58 Å². The minimum absolute atomic E-state index is 0.266. The van der Waals surface area contributed by atoms with E-state index in [1.54, 1.807) is 6.08 Å². The number of hydrogen-bond donors (Lipinski definition) is 2. The number of benzene rings is 1. The van der Waals surface area contributed by atoms with Crippen LogP contribution in [0.5, 0.6) is 0 Å². The first-order valence-corrected chi connectivity index (χ1v) is 4.74. The topological polar surface area (TPSA) is 40.5 Å². The Kier molecular flexibility index (Phi) is 3.86. The maximum absolute atomic E-state index is 9.61. The molecule has 0 aliphatic heterocycles. The maximum atomic E-state index is 9.61. The molecule has 0 bridgehead atoms. The standard InChI is InChI=1S/C12H16O2/c1-2-3-9-12(13,14)10-11-7-5-4-6-8-11/h2,4-8,13-14H,1,3,9-10H2. The Hall–Kier alpha value is -1.12. The van der Waals surface area contributed by atoms with Crippen LogP contribution < -0.4 is 0 Å². The van der Waals surface area contributed by atoms with Crippen molar-refractivity contribution in [2.45, 2.75) is 25.0 Å². The van der Waals surface area contributed by atoms with Crippen molar-refractivity contribution in [3.63, 3.8) is 0 Å². The molecule has 0 aromatic heterocycles. The van der Waals surface area contributed by atoms with Crippen LogP contribution in [0.3, 0.4) is 0 Å². The highest BCUT2D eigenvalue weighted by Crippen LogP contribution is 2.16. The molecule has 0 fully saturated rings. The zero-order valence-electron chi connectivity index (χ0n) is 8.19. The van der Waals surface area contributed by atoms with Crippen molar-refractivity contribution < 1.29 is 10.2 Å². The third-order valence-electron chi connectivity index (χ3n) is 2.08. The lowest BCUT2D eigenvalue weighted by Crippen LogP contribution is -2.30. The van der Waals surface area contributed by atoms with Crippen LogP contribution in [0.25, 0.3) is 0 Å². The monoisotopic (exact) mass is 192 g/mol. The lowest BCUT2D eigenvalue weighted by Gasteiger charge is -2.20. The zero-order chi connectivity index (χ0) is 10.4. The van der Waals surface area contributed by atoms with Crippen LogP contribution in [0.1, 0.15) is 18.4 Å². The van der Waals surface area contributed by atoms with Gasteiger partial charge in [0.05, 0.1) is 0 Å².